The summed E-state index contributed by atoms with van der Waals surface area (Å²) in [5, 5.41) is 3.54. The maximum absolute atomic E-state index is 13.8. The number of amides is 1. The van der Waals surface area contributed by atoms with Gasteiger partial charge in [0.1, 0.15) is 0 Å². The van der Waals surface area contributed by atoms with Crippen molar-refractivity contribution in [3.63, 3.8) is 0 Å². The van der Waals surface area contributed by atoms with Crippen molar-refractivity contribution in [2.75, 3.05) is 26.2 Å². The molecule has 1 spiro atoms. The Morgan fingerprint density at radius 2 is 1.92 bits per heavy atom. The van der Waals surface area contributed by atoms with Gasteiger partial charge in [0.05, 0.1) is 5.41 Å². The zero-order valence-corrected chi connectivity index (χ0v) is 15.9. The Morgan fingerprint density at radius 1 is 1.12 bits per heavy atom. The number of carbonyl (C=O) groups excluding carboxylic acids is 1. The second-order valence-electron chi connectivity index (χ2n) is 9.62. The number of hydrogen-bond acceptors (Lipinski definition) is 2. The molecule has 2 heterocycles. The van der Waals surface area contributed by atoms with Gasteiger partial charge in [0, 0.05) is 19.6 Å². The molecule has 1 amide bonds. The fourth-order valence-corrected chi connectivity index (χ4v) is 6.68. The standard InChI is InChI=1S/C23H32N2O/c26-21(25-12-9-22(10-13-25)8-11-24-17-22)23(15-18-4-2-1-3-5-18)16-19-6-7-20(23)14-19/h1-5,19-20,24H,6-17H2. The first-order valence-corrected chi connectivity index (χ1v) is 10.7. The number of rotatable bonds is 3. The fourth-order valence-electron chi connectivity index (χ4n) is 6.68. The minimum atomic E-state index is -0.108. The van der Waals surface area contributed by atoms with Crippen molar-refractivity contribution in [1.82, 2.24) is 10.2 Å². The van der Waals surface area contributed by atoms with Crippen LogP contribution in [0.15, 0.2) is 30.3 Å². The van der Waals surface area contributed by atoms with Gasteiger partial charge in [-0.3, -0.25) is 4.79 Å². The molecule has 1 N–H and O–H groups in total. The largest absolute Gasteiger partial charge is 0.342 e. The van der Waals surface area contributed by atoms with Gasteiger partial charge in [-0.25, -0.2) is 0 Å². The van der Waals surface area contributed by atoms with E-state index in [-0.39, 0.29) is 5.41 Å². The smallest absolute Gasteiger partial charge is 0.229 e. The van der Waals surface area contributed by atoms with Crippen LogP contribution in [0.2, 0.25) is 0 Å². The van der Waals surface area contributed by atoms with Gasteiger partial charge >= 0.3 is 0 Å². The third kappa shape index (κ3) is 2.70. The average molecular weight is 353 g/mol. The number of benzene rings is 1. The number of hydrogen-bond donors (Lipinski definition) is 1. The number of nitrogens with zero attached hydrogens (tertiary/aromatic N) is 1. The van der Waals surface area contributed by atoms with E-state index in [4.69, 9.17) is 0 Å². The van der Waals surface area contributed by atoms with Gasteiger partial charge in [0.25, 0.3) is 0 Å². The lowest BCUT2D eigenvalue weighted by molar-refractivity contribution is -0.148. The van der Waals surface area contributed by atoms with Crippen molar-refractivity contribution < 1.29 is 4.79 Å². The summed E-state index contributed by atoms with van der Waals surface area (Å²) in [5.41, 5.74) is 1.72. The predicted molar refractivity (Wildman–Crippen MR) is 104 cm³/mol. The zero-order valence-electron chi connectivity index (χ0n) is 15.9. The van der Waals surface area contributed by atoms with Gasteiger partial charge in [-0.2, -0.15) is 0 Å². The molecule has 1 aromatic carbocycles. The van der Waals surface area contributed by atoms with E-state index in [2.05, 4.69) is 40.5 Å². The molecule has 0 radical (unpaired) electrons. The first-order valence-electron chi connectivity index (χ1n) is 10.7. The summed E-state index contributed by atoms with van der Waals surface area (Å²) >= 11 is 0. The van der Waals surface area contributed by atoms with Crippen LogP contribution in [0.25, 0.3) is 0 Å². The molecule has 3 atom stereocenters. The summed E-state index contributed by atoms with van der Waals surface area (Å²) < 4.78 is 0. The van der Waals surface area contributed by atoms with Gasteiger partial charge in [0.15, 0.2) is 0 Å². The highest BCUT2D eigenvalue weighted by atomic mass is 16.2. The normalized spacial score (nSPS) is 35.3. The van der Waals surface area contributed by atoms with E-state index in [0.29, 0.717) is 17.2 Å². The molecule has 2 bridgehead atoms. The molecule has 0 aromatic heterocycles. The lowest BCUT2D eigenvalue weighted by Crippen LogP contribution is -2.52. The fraction of sp³-hybridized carbons (Fsp3) is 0.696. The Balaban J connectivity index is 1.36. The van der Waals surface area contributed by atoms with E-state index in [1.807, 2.05) is 0 Å². The summed E-state index contributed by atoms with van der Waals surface area (Å²) in [6.45, 7) is 4.29. The second-order valence-corrected chi connectivity index (χ2v) is 9.62. The van der Waals surface area contributed by atoms with Crippen LogP contribution in [0, 0.1) is 22.7 Å². The lowest BCUT2D eigenvalue weighted by Gasteiger charge is -2.45. The SMILES string of the molecule is O=C(N1CCC2(CCNC2)CC1)C1(Cc2ccccc2)CC2CCC1C2. The van der Waals surface area contributed by atoms with E-state index >= 15 is 0 Å². The Kier molecular flexibility index (Phi) is 4.11. The molecular weight excluding hydrogens is 320 g/mol. The van der Waals surface area contributed by atoms with Crippen LogP contribution in [0.5, 0.6) is 0 Å². The maximum atomic E-state index is 13.8. The summed E-state index contributed by atoms with van der Waals surface area (Å²) in [6.07, 6.45) is 9.69. The molecule has 26 heavy (non-hydrogen) atoms. The minimum Gasteiger partial charge on any atom is -0.342 e. The molecule has 140 valence electrons. The topological polar surface area (TPSA) is 32.3 Å². The van der Waals surface area contributed by atoms with Gasteiger partial charge in [0.2, 0.25) is 5.91 Å². The molecule has 2 saturated carbocycles. The van der Waals surface area contributed by atoms with E-state index in [0.717, 1.165) is 44.9 Å². The molecule has 3 heteroatoms. The van der Waals surface area contributed by atoms with E-state index < -0.39 is 0 Å². The molecule has 2 aliphatic heterocycles. The van der Waals surface area contributed by atoms with E-state index in [9.17, 15) is 4.79 Å². The van der Waals surface area contributed by atoms with Crippen molar-refractivity contribution in [2.24, 2.45) is 22.7 Å². The quantitative estimate of drug-likeness (QED) is 0.901. The molecule has 5 rings (SSSR count). The van der Waals surface area contributed by atoms with Gasteiger partial charge in [-0.15, -0.1) is 0 Å². The van der Waals surface area contributed by atoms with E-state index in [1.54, 1.807) is 0 Å². The van der Waals surface area contributed by atoms with Crippen molar-refractivity contribution >= 4 is 5.91 Å². The van der Waals surface area contributed by atoms with Crippen LogP contribution in [-0.2, 0) is 11.2 Å². The summed E-state index contributed by atoms with van der Waals surface area (Å²) in [7, 11) is 0. The number of nitrogens with one attached hydrogen (secondary N) is 1. The van der Waals surface area contributed by atoms with Crippen molar-refractivity contribution in [3.8, 4) is 0 Å². The second kappa shape index (κ2) is 6.37. The first-order chi connectivity index (χ1) is 12.7. The number of fused-ring (bicyclic) bond motifs is 2. The van der Waals surface area contributed by atoms with Crippen LogP contribution in [-0.4, -0.2) is 37.0 Å². The summed E-state index contributed by atoms with van der Waals surface area (Å²) in [5.74, 6) is 1.90. The molecule has 1 aromatic rings. The first kappa shape index (κ1) is 16.8. The highest BCUT2D eigenvalue weighted by molar-refractivity contribution is 5.84. The van der Waals surface area contributed by atoms with Crippen LogP contribution < -0.4 is 5.32 Å². The molecule has 4 fully saturated rings. The summed E-state index contributed by atoms with van der Waals surface area (Å²) in [4.78, 5) is 16.1. The molecule has 3 unspecified atom stereocenters. The number of carbonyl (C=O) groups is 1. The van der Waals surface area contributed by atoms with Crippen molar-refractivity contribution in [3.05, 3.63) is 35.9 Å². The molecule has 2 saturated heterocycles. The van der Waals surface area contributed by atoms with Crippen LogP contribution in [0.1, 0.15) is 50.5 Å². The zero-order chi connectivity index (χ0) is 17.6. The third-order valence-electron chi connectivity index (χ3n) is 8.21. The predicted octanol–water partition coefficient (Wildman–Crippen LogP) is 3.64. The van der Waals surface area contributed by atoms with Crippen LogP contribution in [0.4, 0.5) is 0 Å². The Bertz CT molecular complexity index is 656. The number of piperidine rings is 1. The average Bonchev–Trinajstić information content (AvgIpc) is 3.40. The molecule has 3 nitrogen and oxygen atoms in total. The van der Waals surface area contributed by atoms with Crippen LogP contribution in [0.3, 0.4) is 0 Å². The third-order valence-corrected chi connectivity index (χ3v) is 8.21. The molecular formula is C23H32N2O. The van der Waals surface area contributed by atoms with E-state index in [1.165, 1.54) is 44.1 Å². The Labute approximate surface area is 157 Å². The minimum absolute atomic E-state index is 0.108. The van der Waals surface area contributed by atoms with Crippen molar-refractivity contribution in [1.29, 1.82) is 0 Å². The highest BCUT2D eigenvalue weighted by Crippen LogP contribution is 2.58. The molecule has 4 aliphatic rings. The molecule has 2 aliphatic carbocycles. The Morgan fingerprint density at radius 3 is 2.54 bits per heavy atom. The van der Waals surface area contributed by atoms with Crippen molar-refractivity contribution in [2.45, 2.75) is 51.4 Å². The number of likely N-dealkylation sites (tertiary alicyclic amines) is 1. The summed E-state index contributed by atoms with van der Waals surface area (Å²) in [6, 6.07) is 10.8. The van der Waals surface area contributed by atoms with Gasteiger partial charge < -0.3 is 10.2 Å². The van der Waals surface area contributed by atoms with Crippen LogP contribution >= 0.6 is 0 Å². The Hall–Kier alpha value is -1.35. The maximum Gasteiger partial charge on any atom is 0.229 e. The lowest BCUT2D eigenvalue weighted by atomic mass is 9.67. The van der Waals surface area contributed by atoms with Gasteiger partial charge in [-0.1, -0.05) is 36.8 Å². The highest BCUT2D eigenvalue weighted by Gasteiger charge is 2.56. The monoisotopic (exact) mass is 352 g/mol. The van der Waals surface area contributed by atoms with Gasteiger partial charge in [-0.05, 0) is 74.3 Å².